The number of anilines is 1. The van der Waals surface area contributed by atoms with E-state index in [2.05, 4.69) is 34.8 Å². The molecular weight excluding hydrogens is 463 g/mol. The Labute approximate surface area is 172 Å². The Balaban J connectivity index is 1.85. The van der Waals surface area contributed by atoms with E-state index in [0.717, 1.165) is 29.5 Å². The Hall–Kier alpha value is -1.60. The van der Waals surface area contributed by atoms with Crippen molar-refractivity contribution in [1.29, 1.82) is 0 Å². The highest BCUT2D eigenvalue weighted by atomic mass is 127. The maximum absolute atomic E-state index is 13.0. The number of amides is 2. The molecule has 1 N–H and O–H groups in total. The van der Waals surface area contributed by atoms with Gasteiger partial charge in [0.25, 0.3) is 11.8 Å². The Morgan fingerprint density at radius 2 is 1.81 bits per heavy atom. The Morgan fingerprint density at radius 3 is 2.50 bits per heavy atom. The second kappa shape index (κ2) is 8.39. The first-order valence-corrected chi connectivity index (χ1v) is 10.1. The summed E-state index contributed by atoms with van der Waals surface area (Å²) in [7, 11) is 0. The van der Waals surface area contributed by atoms with Gasteiger partial charge in [-0.05, 0) is 71.7 Å². The highest BCUT2D eigenvalue weighted by Crippen LogP contribution is 2.25. The molecule has 0 atom stereocenters. The van der Waals surface area contributed by atoms with E-state index in [4.69, 9.17) is 11.6 Å². The van der Waals surface area contributed by atoms with Gasteiger partial charge >= 0.3 is 0 Å². The van der Waals surface area contributed by atoms with Crippen LogP contribution >= 0.6 is 34.2 Å². The number of likely N-dealkylation sites (tertiary alicyclic amines) is 1. The second-order valence-electron chi connectivity index (χ2n) is 6.60. The van der Waals surface area contributed by atoms with Crippen molar-refractivity contribution in [3.8, 4) is 0 Å². The summed E-state index contributed by atoms with van der Waals surface area (Å²) >= 11 is 8.29. The predicted molar refractivity (Wildman–Crippen MR) is 113 cm³/mol. The van der Waals surface area contributed by atoms with Crippen LogP contribution in [0, 0.1) is 9.49 Å². The van der Waals surface area contributed by atoms with E-state index in [1.54, 1.807) is 30.3 Å². The number of nitrogens with zero attached hydrogens (tertiary/aromatic N) is 1. The van der Waals surface area contributed by atoms with E-state index < -0.39 is 0 Å². The molecule has 26 heavy (non-hydrogen) atoms. The van der Waals surface area contributed by atoms with Gasteiger partial charge in [-0.1, -0.05) is 30.7 Å². The smallest absolute Gasteiger partial charge is 0.257 e. The van der Waals surface area contributed by atoms with Gasteiger partial charge in [0, 0.05) is 16.7 Å². The summed E-state index contributed by atoms with van der Waals surface area (Å²) in [5.74, 6) is 0.289. The van der Waals surface area contributed by atoms with Crippen LogP contribution in [-0.2, 0) is 0 Å². The van der Waals surface area contributed by atoms with Crippen LogP contribution in [0.1, 0.15) is 40.5 Å². The zero-order chi connectivity index (χ0) is 18.7. The van der Waals surface area contributed by atoms with Crippen molar-refractivity contribution < 1.29 is 9.59 Å². The van der Waals surface area contributed by atoms with Gasteiger partial charge in [-0.3, -0.25) is 9.59 Å². The lowest BCUT2D eigenvalue weighted by atomic mass is 9.98. The third kappa shape index (κ3) is 4.38. The van der Waals surface area contributed by atoms with Crippen LogP contribution in [0.2, 0.25) is 5.02 Å². The molecule has 1 fully saturated rings. The molecule has 0 aromatic heterocycles. The first kappa shape index (κ1) is 19.2. The molecule has 0 radical (unpaired) electrons. The summed E-state index contributed by atoms with van der Waals surface area (Å²) in [5, 5.41) is 3.23. The number of benzene rings is 2. The van der Waals surface area contributed by atoms with Gasteiger partial charge in [-0.15, -0.1) is 0 Å². The minimum atomic E-state index is -0.321. The molecule has 2 aromatic rings. The summed E-state index contributed by atoms with van der Waals surface area (Å²) in [5.41, 5.74) is 1.42. The highest BCUT2D eigenvalue weighted by Gasteiger charge is 2.24. The van der Waals surface area contributed by atoms with Crippen molar-refractivity contribution in [3.05, 3.63) is 62.2 Å². The first-order chi connectivity index (χ1) is 12.5. The minimum Gasteiger partial charge on any atom is -0.339 e. The second-order valence-corrected chi connectivity index (χ2v) is 8.25. The summed E-state index contributed by atoms with van der Waals surface area (Å²) < 4.78 is 0.951. The van der Waals surface area contributed by atoms with E-state index in [9.17, 15) is 9.59 Å². The maximum Gasteiger partial charge on any atom is 0.257 e. The van der Waals surface area contributed by atoms with Gasteiger partial charge < -0.3 is 10.2 Å². The zero-order valence-corrected chi connectivity index (χ0v) is 17.4. The van der Waals surface area contributed by atoms with E-state index in [1.807, 2.05) is 17.0 Å². The molecule has 4 nitrogen and oxygen atoms in total. The summed E-state index contributed by atoms with van der Waals surface area (Å²) in [6.07, 6.45) is 2.02. The Morgan fingerprint density at radius 1 is 1.12 bits per heavy atom. The lowest BCUT2D eigenvalue weighted by molar-refractivity contribution is 0.0698. The van der Waals surface area contributed by atoms with Crippen LogP contribution in [-0.4, -0.2) is 29.8 Å². The number of nitrogens with one attached hydrogen (secondary N) is 1. The molecule has 2 aromatic carbocycles. The minimum absolute atomic E-state index is 0.0372. The maximum atomic E-state index is 13.0. The predicted octanol–water partition coefficient (Wildman–Crippen LogP) is 5.07. The van der Waals surface area contributed by atoms with Gasteiger partial charge in [0.05, 0.1) is 21.8 Å². The molecule has 1 aliphatic rings. The third-order valence-corrected chi connectivity index (χ3v) is 5.65. The van der Waals surface area contributed by atoms with E-state index >= 15 is 0 Å². The van der Waals surface area contributed by atoms with Crippen LogP contribution in [0.5, 0.6) is 0 Å². The van der Waals surface area contributed by atoms with Gasteiger partial charge in [0.1, 0.15) is 0 Å². The largest absolute Gasteiger partial charge is 0.339 e. The Bertz CT molecular complexity index is 832. The van der Waals surface area contributed by atoms with Crippen molar-refractivity contribution in [2.45, 2.75) is 19.8 Å². The molecule has 0 unspecified atom stereocenters. The number of piperidine rings is 1. The van der Waals surface area contributed by atoms with Crippen LogP contribution in [0.4, 0.5) is 5.69 Å². The van der Waals surface area contributed by atoms with Crippen LogP contribution < -0.4 is 5.32 Å². The molecule has 136 valence electrons. The molecule has 0 aliphatic carbocycles. The number of hydrogen-bond acceptors (Lipinski definition) is 2. The standard InChI is InChI=1S/C20H20ClIN2O2/c1-13-8-10-24(11-9-13)20(26)16-12-14(22)6-7-18(16)23-19(25)15-4-2-3-5-17(15)21/h2-7,12-13H,8-11H2,1H3,(H,23,25). The quantitative estimate of drug-likeness (QED) is 0.621. The molecule has 1 aliphatic heterocycles. The average molecular weight is 483 g/mol. The van der Waals surface area contributed by atoms with Crippen molar-refractivity contribution in [2.24, 2.45) is 5.92 Å². The fourth-order valence-corrected chi connectivity index (χ4v) is 3.73. The van der Waals surface area contributed by atoms with Gasteiger partial charge in [0.2, 0.25) is 0 Å². The molecular formula is C20H20ClIN2O2. The average Bonchev–Trinajstić information content (AvgIpc) is 2.63. The molecule has 0 bridgehead atoms. The zero-order valence-electron chi connectivity index (χ0n) is 14.5. The molecule has 3 rings (SSSR count). The fourth-order valence-electron chi connectivity index (χ4n) is 3.02. The van der Waals surface area contributed by atoms with E-state index in [1.165, 1.54) is 0 Å². The highest BCUT2D eigenvalue weighted by molar-refractivity contribution is 14.1. The van der Waals surface area contributed by atoms with Crippen molar-refractivity contribution in [2.75, 3.05) is 18.4 Å². The lowest BCUT2D eigenvalue weighted by Crippen LogP contribution is -2.38. The SMILES string of the molecule is CC1CCN(C(=O)c2cc(I)ccc2NC(=O)c2ccccc2Cl)CC1. The van der Waals surface area contributed by atoms with Crippen LogP contribution in [0.25, 0.3) is 0 Å². The lowest BCUT2D eigenvalue weighted by Gasteiger charge is -2.31. The monoisotopic (exact) mass is 482 g/mol. The molecule has 1 saturated heterocycles. The molecule has 6 heteroatoms. The van der Waals surface area contributed by atoms with Crippen molar-refractivity contribution >= 4 is 51.7 Å². The topological polar surface area (TPSA) is 49.4 Å². The van der Waals surface area contributed by atoms with Crippen LogP contribution in [0.3, 0.4) is 0 Å². The third-order valence-electron chi connectivity index (χ3n) is 4.65. The molecule has 1 heterocycles. The number of carbonyl (C=O) groups excluding carboxylic acids is 2. The normalized spacial score (nSPS) is 15.0. The van der Waals surface area contributed by atoms with Gasteiger partial charge in [-0.2, -0.15) is 0 Å². The Kier molecular flexibility index (Phi) is 6.19. The fraction of sp³-hybridized carbons (Fsp3) is 0.300. The van der Waals surface area contributed by atoms with Gasteiger partial charge in [-0.25, -0.2) is 0 Å². The summed E-state index contributed by atoms with van der Waals surface area (Å²) in [4.78, 5) is 27.5. The van der Waals surface area contributed by atoms with Crippen LogP contribution in [0.15, 0.2) is 42.5 Å². The van der Waals surface area contributed by atoms with Crippen molar-refractivity contribution in [3.63, 3.8) is 0 Å². The number of carbonyl (C=O) groups is 2. The van der Waals surface area contributed by atoms with E-state index in [0.29, 0.717) is 27.8 Å². The summed E-state index contributed by atoms with van der Waals surface area (Å²) in [6, 6.07) is 12.3. The van der Waals surface area contributed by atoms with E-state index in [-0.39, 0.29) is 11.8 Å². The number of halogens is 2. The molecule has 0 spiro atoms. The summed E-state index contributed by atoms with van der Waals surface area (Å²) in [6.45, 7) is 3.72. The molecule has 0 saturated carbocycles. The van der Waals surface area contributed by atoms with Crippen molar-refractivity contribution in [1.82, 2.24) is 4.90 Å². The molecule has 2 amide bonds. The number of hydrogen-bond donors (Lipinski definition) is 1. The first-order valence-electron chi connectivity index (χ1n) is 8.60. The number of rotatable bonds is 3. The van der Waals surface area contributed by atoms with Gasteiger partial charge in [0.15, 0.2) is 0 Å².